The van der Waals surface area contributed by atoms with Crippen LogP contribution >= 0.6 is 11.3 Å². The number of likely N-dealkylation sites (N-methyl/N-ethyl adjacent to an activating group) is 1. The zero-order valence-electron chi connectivity index (χ0n) is 10.3. The molecule has 94 valence electrons. The summed E-state index contributed by atoms with van der Waals surface area (Å²) in [5, 5.41) is 5.33. The van der Waals surface area contributed by atoms with Gasteiger partial charge in [-0.15, -0.1) is 11.3 Å². The Kier molecular flexibility index (Phi) is 4.71. The van der Waals surface area contributed by atoms with Gasteiger partial charge < -0.3 is 5.32 Å². The summed E-state index contributed by atoms with van der Waals surface area (Å²) in [6, 6.07) is 4.44. The lowest BCUT2D eigenvalue weighted by atomic mass is 10.0. The van der Waals surface area contributed by atoms with E-state index in [1.807, 2.05) is 17.5 Å². The van der Waals surface area contributed by atoms with Gasteiger partial charge in [-0.25, -0.2) is 0 Å². The van der Waals surface area contributed by atoms with Gasteiger partial charge in [0.2, 0.25) is 0 Å². The first kappa shape index (κ1) is 12.7. The number of hydrogen-bond donors (Lipinski definition) is 1. The van der Waals surface area contributed by atoms with E-state index >= 15 is 0 Å². The van der Waals surface area contributed by atoms with Crippen molar-refractivity contribution in [3.63, 3.8) is 0 Å². The molecule has 2 heterocycles. The Bertz CT molecular complexity index is 344. The van der Waals surface area contributed by atoms with E-state index in [2.05, 4.69) is 17.1 Å². The maximum Gasteiger partial charge on any atom is 0.186 e. The number of carbonyl (C=O) groups is 1. The molecule has 0 aromatic carbocycles. The van der Waals surface area contributed by atoms with Crippen LogP contribution in [0.3, 0.4) is 0 Å². The average molecular weight is 252 g/mol. The fraction of sp³-hybridized carbons (Fsp3) is 0.615. The van der Waals surface area contributed by atoms with Gasteiger partial charge in [-0.3, -0.25) is 9.69 Å². The molecule has 1 aliphatic heterocycles. The maximum atomic E-state index is 12.1. The number of thiophene rings is 1. The van der Waals surface area contributed by atoms with E-state index < -0.39 is 0 Å². The van der Waals surface area contributed by atoms with Crippen molar-refractivity contribution in [2.75, 3.05) is 26.2 Å². The average Bonchev–Trinajstić information content (AvgIpc) is 2.90. The van der Waals surface area contributed by atoms with E-state index in [0.717, 1.165) is 37.4 Å². The van der Waals surface area contributed by atoms with Crippen molar-refractivity contribution in [3.8, 4) is 0 Å². The third kappa shape index (κ3) is 3.37. The van der Waals surface area contributed by atoms with Crippen LogP contribution in [0.1, 0.15) is 29.4 Å². The van der Waals surface area contributed by atoms with E-state index in [1.165, 1.54) is 0 Å². The van der Waals surface area contributed by atoms with Crippen molar-refractivity contribution >= 4 is 17.1 Å². The topological polar surface area (TPSA) is 32.3 Å². The molecule has 1 saturated heterocycles. The summed E-state index contributed by atoms with van der Waals surface area (Å²) in [4.78, 5) is 15.3. The normalized spacial score (nSPS) is 17.5. The maximum absolute atomic E-state index is 12.1. The molecule has 1 aromatic heterocycles. The highest BCUT2D eigenvalue weighted by Crippen LogP contribution is 2.15. The van der Waals surface area contributed by atoms with Gasteiger partial charge in [0.25, 0.3) is 0 Å². The number of hydrogen-bond acceptors (Lipinski definition) is 4. The van der Waals surface area contributed by atoms with E-state index in [1.54, 1.807) is 11.3 Å². The van der Waals surface area contributed by atoms with Crippen LogP contribution in [0.2, 0.25) is 0 Å². The van der Waals surface area contributed by atoms with Gasteiger partial charge >= 0.3 is 0 Å². The molecule has 0 unspecified atom stereocenters. The molecule has 3 nitrogen and oxygen atoms in total. The Morgan fingerprint density at radius 2 is 2.29 bits per heavy atom. The lowest BCUT2D eigenvalue weighted by Gasteiger charge is -2.33. The van der Waals surface area contributed by atoms with Gasteiger partial charge in [0.05, 0.1) is 11.4 Å². The van der Waals surface area contributed by atoms with Crippen LogP contribution in [0.5, 0.6) is 0 Å². The molecule has 17 heavy (non-hydrogen) atoms. The fourth-order valence-electron chi connectivity index (χ4n) is 2.37. The minimum Gasteiger partial charge on any atom is -0.317 e. The molecule has 1 aliphatic rings. The van der Waals surface area contributed by atoms with Crippen molar-refractivity contribution in [2.24, 2.45) is 0 Å². The summed E-state index contributed by atoms with van der Waals surface area (Å²) < 4.78 is 0. The number of ketones is 1. The summed E-state index contributed by atoms with van der Waals surface area (Å²) in [6.45, 7) is 5.83. The zero-order valence-corrected chi connectivity index (χ0v) is 11.1. The van der Waals surface area contributed by atoms with E-state index in [4.69, 9.17) is 0 Å². The molecule has 0 radical (unpaired) electrons. The molecule has 0 atom stereocenters. The molecule has 2 rings (SSSR count). The Hall–Kier alpha value is -0.710. The molecule has 0 saturated carbocycles. The molecule has 1 fully saturated rings. The molecular formula is C13H20N2OS. The van der Waals surface area contributed by atoms with Gasteiger partial charge in [-0.1, -0.05) is 13.0 Å². The van der Waals surface area contributed by atoms with Crippen LogP contribution < -0.4 is 5.32 Å². The second kappa shape index (κ2) is 6.28. The first-order valence-corrected chi connectivity index (χ1v) is 7.20. The quantitative estimate of drug-likeness (QED) is 0.814. The highest BCUT2D eigenvalue weighted by Gasteiger charge is 2.22. The third-order valence-electron chi connectivity index (χ3n) is 3.37. The van der Waals surface area contributed by atoms with Crippen LogP contribution in [0.15, 0.2) is 17.5 Å². The van der Waals surface area contributed by atoms with Gasteiger partial charge in [-0.2, -0.15) is 0 Å². The third-order valence-corrected chi connectivity index (χ3v) is 4.28. The molecular weight excluding hydrogens is 232 g/mol. The van der Waals surface area contributed by atoms with Crippen molar-refractivity contribution in [1.82, 2.24) is 10.2 Å². The minimum atomic E-state index is 0.264. The number of carbonyl (C=O) groups excluding carboxylic acids is 1. The monoisotopic (exact) mass is 252 g/mol. The Labute approximate surface area is 107 Å². The highest BCUT2D eigenvalue weighted by atomic mass is 32.1. The first-order valence-electron chi connectivity index (χ1n) is 6.32. The molecule has 0 spiro atoms. The second-order valence-electron chi connectivity index (χ2n) is 4.44. The molecule has 0 aliphatic carbocycles. The predicted octanol–water partition coefficient (Wildman–Crippen LogP) is 2.00. The van der Waals surface area contributed by atoms with Gasteiger partial charge in [0.1, 0.15) is 0 Å². The summed E-state index contributed by atoms with van der Waals surface area (Å²) >= 11 is 1.54. The fourth-order valence-corrected chi connectivity index (χ4v) is 3.03. The Balaban J connectivity index is 1.92. The minimum absolute atomic E-state index is 0.264. The summed E-state index contributed by atoms with van der Waals surface area (Å²) in [5.41, 5.74) is 0. The lowest BCUT2D eigenvalue weighted by molar-refractivity contribution is 0.0878. The highest BCUT2D eigenvalue weighted by molar-refractivity contribution is 7.12. The summed E-state index contributed by atoms with van der Waals surface area (Å²) in [7, 11) is 0. The Morgan fingerprint density at radius 3 is 2.88 bits per heavy atom. The smallest absolute Gasteiger partial charge is 0.186 e. The number of piperidine rings is 1. The zero-order chi connectivity index (χ0) is 12.1. The lowest BCUT2D eigenvalue weighted by Crippen LogP contribution is -2.45. The van der Waals surface area contributed by atoms with Crippen molar-refractivity contribution in [2.45, 2.75) is 25.8 Å². The van der Waals surface area contributed by atoms with Crippen LogP contribution in [-0.2, 0) is 0 Å². The van der Waals surface area contributed by atoms with E-state index in [0.29, 0.717) is 12.6 Å². The van der Waals surface area contributed by atoms with E-state index in [-0.39, 0.29) is 5.78 Å². The molecule has 0 bridgehead atoms. The predicted molar refractivity (Wildman–Crippen MR) is 71.8 cm³/mol. The van der Waals surface area contributed by atoms with Crippen LogP contribution in [0.25, 0.3) is 0 Å². The number of nitrogens with one attached hydrogen (secondary N) is 1. The van der Waals surface area contributed by atoms with Gasteiger partial charge in [0, 0.05) is 6.04 Å². The molecule has 4 heteroatoms. The standard InChI is InChI=1S/C13H20N2OS/c1-2-15(11-5-7-14-8-6-11)10-12(16)13-4-3-9-17-13/h3-4,9,11,14H,2,5-8,10H2,1H3. The van der Waals surface area contributed by atoms with Crippen LogP contribution in [-0.4, -0.2) is 42.9 Å². The largest absolute Gasteiger partial charge is 0.317 e. The Morgan fingerprint density at radius 1 is 1.53 bits per heavy atom. The second-order valence-corrected chi connectivity index (χ2v) is 5.39. The van der Waals surface area contributed by atoms with Crippen LogP contribution in [0.4, 0.5) is 0 Å². The summed E-state index contributed by atoms with van der Waals surface area (Å²) in [5.74, 6) is 0.264. The number of rotatable bonds is 5. The molecule has 1 aromatic rings. The number of nitrogens with zero attached hydrogens (tertiary/aromatic N) is 1. The van der Waals surface area contributed by atoms with Crippen molar-refractivity contribution in [1.29, 1.82) is 0 Å². The van der Waals surface area contributed by atoms with E-state index in [9.17, 15) is 4.79 Å². The summed E-state index contributed by atoms with van der Waals surface area (Å²) in [6.07, 6.45) is 2.32. The van der Waals surface area contributed by atoms with Gasteiger partial charge in [-0.05, 0) is 43.9 Å². The first-order chi connectivity index (χ1) is 8.31. The SMILES string of the molecule is CCN(CC(=O)c1cccs1)C1CCNCC1. The van der Waals surface area contributed by atoms with Gasteiger partial charge in [0.15, 0.2) is 5.78 Å². The van der Waals surface area contributed by atoms with Crippen LogP contribution in [0, 0.1) is 0 Å². The molecule has 0 amide bonds. The van der Waals surface area contributed by atoms with Crippen molar-refractivity contribution in [3.05, 3.63) is 22.4 Å². The molecule has 1 N–H and O–H groups in total. The van der Waals surface area contributed by atoms with Crippen molar-refractivity contribution < 1.29 is 4.79 Å². The number of Topliss-reactive ketones (excluding diaryl/α,β-unsaturated/α-hetero) is 1.